The summed E-state index contributed by atoms with van der Waals surface area (Å²) in [5.74, 6) is 0.0843. The number of nitrogens with zero attached hydrogens (tertiary/aromatic N) is 2. The molecule has 34 heavy (non-hydrogen) atoms. The topological polar surface area (TPSA) is 69.9 Å². The molecule has 1 unspecified atom stereocenters. The first-order chi connectivity index (χ1) is 16.4. The van der Waals surface area contributed by atoms with Crippen LogP contribution in [0.25, 0.3) is 12.2 Å². The molecule has 1 aliphatic heterocycles. The van der Waals surface area contributed by atoms with Gasteiger partial charge in [0.1, 0.15) is 11.8 Å². The number of methoxy groups -OCH3 is 1. The number of carbonyl (C=O) groups excluding carboxylic acids is 1. The van der Waals surface area contributed by atoms with Gasteiger partial charge in [-0.25, -0.2) is 9.79 Å². The SMILES string of the molecule is COC(=O)C1=C(C)N=c2s/c(=C\C=C\c3ccccc3)c(=O)n2C1c1ccccc1OC(C)C. The van der Waals surface area contributed by atoms with E-state index in [9.17, 15) is 9.59 Å². The highest BCUT2D eigenvalue weighted by Gasteiger charge is 2.34. The molecule has 0 bridgehead atoms. The molecule has 0 fully saturated rings. The van der Waals surface area contributed by atoms with Crippen LogP contribution in [0.2, 0.25) is 0 Å². The predicted molar refractivity (Wildman–Crippen MR) is 134 cm³/mol. The van der Waals surface area contributed by atoms with Crippen LogP contribution in [0, 0.1) is 0 Å². The summed E-state index contributed by atoms with van der Waals surface area (Å²) in [6.07, 6.45) is 5.49. The summed E-state index contributed by atoms with van der Waals surface area (Å²) in [5, 5.41) is 0. The van der Waals surface area contributed by atoms with Crippen molar-refractivity contribution in [3.8, 4) is 5.75 Å². The Bertz CT molecular complexity index is 1450. The van der Waals surface area contributed by atoms with E-state index >= 15 is 0 Å². The van der Waals surface area contributed by atoms with E-state index in [1.54, 1.807) is 17.6 Å². The molecule has 174 valence electrons. The summed E-state index contributed by atoms with van der Waals surface area (Å²) in [6, 6.07) is 16.6. The van der Waals surface area contributed by atoms with E-state index in [0.29, 0.717) is 31.9 Å². The lowest BCUT2D eigenvalue weighted by Gasteiger charge is -2.26. The van der Waals surface area contributed by atoms with Crippen molar-refractivity contribution in [2.24, 2.45) is 4.99 Å². The number of hydrogen-bond acceptors (Lipinski definition) is 6. The number of rotatable bonds is 6. The molecule has 3 aromatic rings. The Balaban J connectivity index is 1.90. The number of hydrogen-bond donors (Lipinski definition) is 0. The van der Waals surface area contributed by atoms with Crippen molar-refractivity contribution in [1.82, 2.24) is 4.57 Å². The van der Waals surface area contributed by atoms with Gasteiger partial charge in [0.05, 0.1) is 29.0 Å². The fourth-order valence-corrected chi connectivity index (χ4v) is 4.88. The smallest absolute Gasteiger partial charge is 0.338 e. The Morgan fingerprint density at radius 1 is 1.12 bits per heavy atom. The zero-order chi connectivity index (χ0) is 24.2. The molecule has 0 spiro atoms. The van der Waals surface area contributed by atoms with Gasteiger partial charge in [-0.3, -0.25) is 9.36 Å². The van der Waals surface area contributed by atoms with Gasteiger partial charge >= 0.3 is 5.97 Å². The number of esters is 1. The first kappa shape index (κ1) is 23.4. The fraction of sp³-hybridized carbons (Fsp3) is 0.222. The van der Waals surface area contributed by atoms with E-state index in [1.807, 2.05) is 80.6 Å². The maximum absolute atomic E-state index is 13.6. The van der Waals surface area contributed by atoms with Crippen LogP contribution in [0.4, 0.5) is 0 Å². The summed E-state index contributed by atoms with van der Waals surface area (Å²) in [7, 11) is 1.33. The molecule has 7 heteroatoms. The molecule has 2 heterocycles. The van der Waals surface area contributed by atoms with Crippen molar-refractivity contribution >= 4 is 29.5 Å². The Hall–Kier alpha value is -3.71. The number of carbonyl (C=O) groups is 1. The highest BCUT2D eigenvalue weighted by molar-refractivity contribution is 7.07. The molecular weight excluding hydrogens is 448 g/mol. The standard InChI is InChI=1S/C27H26N2O4S/c1-17(2)33-21-15-9-8-14-20(21)24-23(26(31)32-4)18(3)28-27-29(24)25(30)22(34-27)16-10-13-19-11-6-5-7-12-19/h5-17,24H,1-4H3/b13-10+,22-16-. The summed E-state index contributed by atoms with van der Waals surface area (Å²) < 4.78 is 13.2. The lowest BCUT2D eigenvalue weighted by atomic mass is 9.95. The van der Waals surface area contributed by atoms with E-state index in [4.69, 9.17) is 9.47 Å². The molecule has 1 aliphatic rings. The van der Waals surface area contributed by atoms with Gasteiger partial charge in [0, 0.05) is 5.56 Å². The highest BCUT2D eigenvalue weighted by atomic mass is 32.1. The maximum atomic E-state index is 13.6. The average Bonchev–Trinajstić information content (AvgIpc) is 3.13. The number of para-hydroxylation sites is 1. The van der Waals surface area contributed by atoms with Gasteiger partial charge in [-0.05, 0) is 38.5 Å². The van der Waals surface area contributed by atoms with Crippen LogP contribution in [0.1, 0.15) is 37.9 Å². The number of allylic oxidation sites excluding steroid dienone is 2. The third-order valence-corrected chi connectivity index (χ3v) is 6.34. The van der Waals surface area contributed by atoms with Gasteiger partial charge in [0.2, 0.25) is 0 Å². The number of aromatic nitrogens is 1. The van der Waals surface area contributed by atoms with E-state index < -0.39 is 12.0 Å². The Kier molecular flexibility index (Phi) is 6.93. The average molecular weight is 475 g/mol. The quantitative estimate of drug-likeness (QED) is 0.509. The van der Waals surface area contributed by atoms with Crippen LogP contribution in [0.3, 0.4) is 0 Å². The van der Waals surface area contributed by atoms with Gasteiger partial charge in [-0.1, -0.05) is 72.0 Å². The lowest BCUT2D eigenvalue weighted by Crippen LogP contribution is -2.40. The Morgan fingerprint density at radius 2 is 1.82 bits per heavy atom. The summed E-state index contributed by atoms with van der Waals surface area (Å²) in [6.45, 7) is 5.63. The molecule has 0 amide bonds. The third kappa shape index (κ3) is 4.65. The van der Waals surface area contributed by atoms with E-state index in [1.165, 1.54) is 18.4 Å². The minimum Gasteiger partial charge on any atom is -0.491 e. The number of fused-ring (bicyclic) bond motifs is 1. The fourth-order valence-electron chi connectivity index (χ4n) is 3.88. The van der Waals surface area contributed by atoms with Crippen LogP contribution in [-0.4, -0.2) is 23.8 Å². The normalized spacial score (nSPS) is 16.0. The van der Waals surface area contributed by atoms with Crippen LogP contribution >= 0.6 is 11.3 Å². The molecule has 0 radical (unpaired) electrons. The molecule has 0 saturated heterocycles. The van der Waals surface area contributed by atoms with Crippen molar-refractivity contribution in [2.75, 3.05) is 7.11 Å². The molecule has 1 aromatic heterocycles. The van der Waals surface area contributed by atoms with Crippen molar-refractivity contribution < 1.29 is 14.3 Å². The molecule has 1 atom stereocenters. The van der Waals surface area contributed by atoms with Crippen molar-refractivity contribution in [3.63, 3.8) is 0 Å². The second kappa shape index (κ2) is 10.1. The molecule has 2 aromatic carbocycles. The minimum atomic E-state index is -0.709. The van der Waals surface area contributed by atoms with Crippen molar-refractivity contribution in [2.45, 2.75) is 32.9 Å². The van der Waals surface area contributed by atoms with E-state index in [2.05, 4.69) is 4.99 Å². The Labute approximate surface area is 201 Å². The zero-order valence-electron chi connectivity index (χ0n) is 19.5. The van der Waals surface area contributed by atoms with Gasteiger partial charge in [0.15, 0.2) is 4.80 Å². The zero-order valence-corrected chi connectivity index (χ0v) is 20.3. The first-order valence-corrected chi connectivity index (χ1v) is 11.8. The molecule has 0 saturated carbocycles. The molecule has 6 nitrogen and oxygen atoms in total. The molecule has 4 rings (SSSR count). The van der Waals surface area contributed by atoms with Crippen molar-refractivity contribution in [3.05, 3.63) is 103 Å². The number of benzene rings is 2. The maximum Gasteiger partial charge on any atom is 0.338 e. The van der Waals surface area contributed by atoms with Gasteiger partial charge in [-0.15, -0.1) is 0 Å². The van der Waals surface area contributed by atoms with Gasteiger partial charge in [0.25, 0.3) is 5.56 Å². The largest absolute Gasteiger partial charge is 0.491 e. The minimum absolute atomic E-state index is 0.0771. The summed E-state index contributed by atoms with van der Waals surface area (Å²) in [4.78, 5) is 31.5. The number of ether oxygens (including phenoxy) is 2. The van der Waals surface area contributed by atoms with Crippen molar-refractivity contribution in [1.29, 1.82) is 0 Å². The second-order valence-electron chi connectivity index (χ2n) is 8.07. The van der Waals surface area contributed by atoms with Crippen LogP contribution in [-0.2, 0) is 9.53 Å². The monoisotopic (exact) mass is 474 g/mol. The summed E-state index contributed by atoms with van der Waals surface area (Å²) in [5.41, 5.74) is 2.36. The Morgan fingerprint density at radius 3 is 2.53 bits per heavy atom. The number of thiazole rings is 1. The predicted octanol–water partition coefficient (Wildman–Crippen LogP) is 3.86. The first-order valence-electron chi connectivity index (χ1n) is 11.0. The highest BCUT2D eigenvalue weighted by Crippen LogP contribution is 2.36. The molecule has 0 aliphatic carbocycles. The van der Waals surface area contributed by atoms with E-state index in [-0.39, 0.29) is 11.7 Å². The molecule has 0 N–H and O–H groups in total. The lowest BCUT2D eigenvalue weighted by molar-refractivity contribution is -0.136. The molecular formula is C27H26N2O4S. The third-order valence-electron chi connectivity index (χ3n) is 5.34. The van der Waals surface area contributed by atoms with E-state index in [0.717, 1.165) is 5.56 Å². The van der Waals surface area contributed by atoms with Crippen LogP contribution < -0.4 is 19.6 Å². The second-order valence-corrected chi connectivity index (χ2v) is 9.08. The van der Waals surface area contributed by atoms with Crippen LogP contribution in [0.15, 0.2) is 81.7 Å². The van der Waals surface area contributed by atoms with Gasteiger partial charge in [-0.2, -0.15) is 0 Å². The van der Waals surface area contributed by atoms with Crippen LogP contribution in [0.5, 0.6) is 5.75 Å². The van der Waals surface area contributed by atoms with Gasteiger partial charge < -0.3 is 9.47 Å². The summed E-state index contributed by atoms with van der Waals surface area (Å²) >= 11 is 1.29.